The van der Waals surface area contributed by atoms with E-state index in [9.17, 15) is 4.79 Å². The third-order valence-corrected chi connectivity index (χ3v) is 2.98. The van der Waals surface area contributed by atoms with Gasteiger partial charge in [0, 0.05) is 24.7 Å². The van der Waals surface area contributed by atoms with Crippen LogP contribution in [0, 0.1) is 13.8 Å². The Balaban J connectivity index is 2.73. The lowest BCUT2D eigenvalue weighted by atomic mass is 10.1. The maximum atomic E-state index is 11.0. The summed E-state index contributed by atoms with van der Waals surface area (Å²) in [7, 11) is 0. The lowest BCUT2D eigenvalue weighted by Crippen LogP contribution is -2.09. The highest BCUT2D eigenvalue weighted by molar-refractivity contribution is 5.96. The molecule has 0 unspecified atom stereocenters. The Hall–Kier alpha value is -1.81. The van der Waals surface area contributed by atoms with E-state index in [0.29, 0.717) is 12.1 Å². The topological polar surface area (TPSA) is 68.2 Å². The molecule has 0 radical (unpaired) electrons. The van der Waals surface area contributed by atoms with Crippen LogP contribution in [0.4, 0.5) is 0 Å². The summed E-state index contributed by atoms with van der Waals surface area (Å²) in [6, 6.07) is 3.43. The van der Waals surface area contributed by atoms with E-state index in [1.54, 1.807) is 12.1 Å². The van der Waals surface area contributed by atoms with Crippen LogP contribution >= 0.6 is 0 Å². The highest BCUT2D eigenvalue weighted by Crippen LogP contribution is 2.25. The van der Waals surface area contributed by atoms with E-state index >= 15 is 0 Å². The number of hydrogen-bond acceptors (Lipinski definition) is 2. The van der Waals surface area contributed by atoms with Crippen molar-refractivity contribution < 1.29 is 9.90 Å². The first-order valence-electron chi connectivity index (χ1n) is 5.58. The molecule has 1 heterocycles. The monoisotopic (exact) mass is 232 g/mol. The van der Waals surface area contributed by atoms with Gasteiger partial charge in [0.25, 0.3) is 0 Å². The van der Waals surface area contributed by atoms with Crippen LogP contribution in [0.5, 0.6) is 0 Å². The zero-order chi connectivity index (χ0) is 12.6. The van der Waals surface area contributed by atoms with Crippen LogP contribution in [-0.4, -0.2) is 22.2 Å². The first-order chi connectivity index (χ1) is 8.04. The molecule has 1 aromatic carbocycles. The number of aromatic carboxylic acids is 1. The molecule has 90 valence electrons. The Morgan fingerprint density at radius 2 is 2.06 bits per heavy atom. The van der Waals surface area contributed by atoms with E-state index in [4.69, 9.17) is 10.8 Å². The molecule has 4 heteroatoms. The number of fused-ring (bicyclic) bond motifs is 1. The van der Waals surface area contributed by atoms with Gasteiger partial charge in [-0.15, -0.1) is 0 Å². The molecule has 2 aromatic rings. The van der Waals surface area contributed by atoms with Crippen molar-refractivity contribution in [3.05, 3.63) is 35.0 Å². The molecular formula is C13H16N2O2. The fraction of sp³-hybridized carbons (Fsp3) is 0.308. The Morgan fingerprint density at radius 1 is 1.35 bits per heavy atom. The molecule has 0 amide bonds. The first-order valence-corrected chi connectivity index (χ1v) is 5.58. The summed E-state index contributed by atoms with van der Waals surface area (Å²) in [6.45, 7) is 5.24. The number of carboxylic acids is 1. The molecule has 0 atom stereocenters. The lowest BCUT2D eigenvalue weighted by Gasteiger charge is -2.06. The lowest BCUT2D eigenvalue weighted by molar-refractivity contribution is 0.0697. The van der Waals surface area contributed by atoms with Crippen molar-refractivity contribution in [2.75, 3.05) is 6.54 Å². The van der Waals surface area contributed by atoms with Crippen molar-refractivity contribution in [2.45, 2.75) is 20.4 Å². The second kappa shape index (κ2) is 4.22. The number of nitrogens with two attached hydrogens (primary N) is 1. The van der Waals surface area contributed by atoms with E-state index in [2.05, 4.69) is 4.57 Å². The van der Waals surface area contributed by atoms with Gasteiger partial charge in [-0.1, -0.05) is 0 Å². The number of aryl methyl sites for hydroxylation is 2. The molecule has 3 N–H and O–H groups in total. The van der Waals surface area contributed by atoms with Gasteiger partial charge in [-0.05, 0) is 37.1 Å². The number of benzene rings is 1. The molecule has 0 aliphatic carbocycles. The highest BCUT2D eigenvalue weighted by Gasteiger charge is 2.12. The third-order valence-electron chi connectivity index (χ3n) is 2.98. The fourth-order valence-electron chi connectivity index (χ4n) is 2.27. The van der Waals surface area contributed by atoms with Crippen molar-refractivity contribution >= 4 is 16.9 Å². The average Bonchev–Trinajstić information content (AvgIpc) is 2.57. The summed E-state index contributed by atoms with van der Waals surface area (Å²) < 4.78 is 2.09. The SMILES string of the molecule is Cc1cn(CCN)c2c(C)cc(C(=O)O)cc12. The van der Waals surface area contributed by atoms with Gasteiger partial charge in [-0.25, -0.2) is 4.79 Å². The van der Waals surface area contributed by atoms with Crippen molar-refractivity contribution in [3.8, 4) is 0 Å². The fourth-order valence-corrected chi connectivity index (χ4v) is 2.27. The second-order valence-electron chi connectivity index (χ2n) is 4.29. The van der Waals surface area contributed by atoms with Crippen LogP contribution in [0.25, 0.3) is 10.9 Å². The summed E-state index contributed by atoms with van der Waals surface area (Å²) in [6.07, 6.45) is 2.02. The van der Waals surface area contributed by atoms with Gasteiger partial charge in [0.15, 0.2) is 0 Å². The third kappa shape index (κ3) is 1.91. The highest BCUT2D eigenvalue weighted by atomic mass is 16.4. The van der Waals surface area contributed by atoms with Gasteiger partial charge in [0.2, 0.25) is 0 Å². The zero-order valence-corrected chi connectivity index (χ0v) is 10.0. The van der Waals surface area contributed by atoms with Crippen molar-refractivity contribution in [1.82, 2.24) is 4.57 Å². The molecule has 0 aliphatic heterocycles. The number of carbonyl (C=O) groups is 1. The quantitative estimate of drug-likeness (QED) is 0.849. The molecule has 0 fully saturated rings. The standard InChI is InChI=1S/C13H16N2O2/c1-8-5-10(13(16)17)6-11-9(2)7-15(4-3-14)12(8)11/h5-7H,3-4,14H2,1-2H3,(H,16,17). The van der Waals surface area contributed by atoms with Gasteiger partial charge in [-0.2, -0.15) is 0 Å². The Morgan fingerprint density at radius 3 is 2.65 bits per heavy atom. The van der Waals surface area contributed by atoms with Gasteiger partial charge < -0.3 is 15.4 Å². The van der Waals surface area contributed by atoms with E-state index in [1.165, 1.54) is 0 Å². The van der Waals surface area contributed by atoms with E-state index in [-0.39, 0.29) is 0 Å². The Bertz CT molecular complexity index is 585. The predicted molar refractivity (Wildman–Crippen MR) is 67.4 cm³/mol. The van der Waals surface area contributed by atoms with Crippen LogP contribution in [0.1, 0.15) is 21.5 Å². The number of hydrogen-bond donors (Lipinski definition) is 2. The minimum Gasteiger partial charge on any atom is -0.478 e. The molecule has 17 heavy (non-hydrogen) atoms. The number of aromatic nitrogens is 1. The van der Waals surface area contributed by atoms with Gasteiger partial charge in [-0.3, -0.25) is 0 Å². The second-order valence-corrected chi connectivity index (χ2v) is 4.29. The van der Waals surface area contributed by atoms with Gasteiger partial charge in [0.05, 0.1) is 11.1 Å². The Kier molecular flexibility index (Phi) is 2.90. The zero-order valence-electron chi connectivity index (χ0n) is 10.0. The van der Waals surface area contributed by atoms with Gasteiger partial charge >= 0.3 is 5.97 Å². The normalized spacial score (nSPS) is 11.0. The minimum atomic E-state index is -0.888. The van der Waals surface area contributed by atoms with Crippen LogP contribution in [0.2, 0.25) is 0 Å². The summed E-state index contributed by atoms with van der Waals surface area (Å²) in [5.74, 6) is -0.888. The van der Waals surface area contributed by atoms with Crippen LogP contribution in [-0.2, 0) is 6.54 Å². The summed E-state index contributed by atoms with van der Waals surface area (Å²) in [4.78, 5) is 11.0. The minimum absolute atomic E-state index is 0.337. The van der Waals surface area contributed by atoms with E-state index < -0.39 is 5.97 Å². The van der Waals surface area contributed by atoms with Crippen LogP contribution in [0.3, 0.4) is 0 Å². The van der Waals surface area contributed by atoms with Crippen LogP contribution in [0.15, 0.2) is 18.3 Å². The first kappa shape index (κ1) is 11.7. The summed E-state index contributed by atoms with van der Waals surface area (Å²) in [5, 5.41) is 10.0. The molecule has 1 aromatic heterocycles. The maximum Gasteiger partial charge on any atom is 0.335 e. The average molecular weight is 232 g/mol. The van der Waals surface area contributed by atoms with Crippen molar-refractivity contribution in [1.29, 1.82) is 0 Å². The molecule has 4 nitrogen and oxygen atoms in total. The molecular weight excluding hydrogens is 216 g/mol. The molecule has 0 saturated carbocycles. The summed E-state index contributed by atoms with van der Waals surface area (Å²) >= 11 is 0. The molecule has 2 rings (SSSR count). The van der Waals surface area contributed by atoms with Gasteiger partial charge in [0.1, 0.15) is 0 Å². The molecule has 0 spiro atoms. The van der Waals surface area contributed by atoms with E-state index in [1.807, 2.05) is 20.0 Å². The molecule has 0 bridgehead atoms. The maximum absolute atomic E-state index is 11.0. The smallest absolute Gasteiger partial charge is 0.335 e. The number of rotatable bonds is 3. The van der Waals surface area contributed by atoms with Crippen LogP contribution < -0.4 is 5.73 Å². The van der Waals surface area contributed by atoms with E-state index in [0.717, 1.165) is 28.6 Å². The van der Waals surface area contributed by atoms with Crippen molar-refractivity contribution in [3.63, 3.8) is 0 Å². The number of nitrogens with zero attached hydrogens (tertiary/aromatic N) is 1. The summed E-state index contributed by atoms with van der Waals surface area (Å²) in [5.41, 5.74) is 9.05. The largest absolute Gasteiger partial charge is 0.478 e. The van der Waals surface area contributed by atoms with Crippen molar-refractivity contribution in [2.24, 2.45) is 5.73 Å². The Labute approximate surface area is 99.7 Å². The molecule has 0 saturated heterocycles. The molecule has 0 aliphatic rings. The number of carboxylic acid groups (broad SMARTS) is 1. The predicted octanol–water partition coefficient (Wildman–Crippen LogP) is 1.92.